The van der Waals surface area contributed by atoms with Crippen LogP contribution in [0.3, 0.4) is 0 Å². The number of aromatic amines is 1. The predicted molar refractivity (Wildman–Crippen MR) is 71.0 cm³/mol. The first-order valence-electron chi connectivity index (χ1n) is 5.42. The fraction of sp³-hybridized carbons (Fsp3) is 0.231. The molecule has 0 saturated carbocycles. The minimum absolute atomic E-state index is 0.226. The normalized spacial score (nSPS) is 9.94. The molecule has 92 valence electrons. The lowest BCUT2D eigenvalue weighted by molar-refractivity contribution is -0.124. The third-order valence-electron chi connectivity index (χ3n) is 2.46. The Morgan fingerprint density at radius 3 is 3.06 bits per heavy atom. The zero-order valence-electron chi connectivity index (χ0n) is 10.1. The largest absolute Gasteiger partial charge is 0.340 e. The van der Waals surface area contributed by atoms with Gasteiger partial charge in [0.05, 0.1) is 17.6 Å². The number of benzene rings is 1. The number of aromatic nitrogens is 2. The van der Waals surface area contributed by atoms with E-state index in [1.165, 1.54) is 4.90 Å². The Hall–Kier alpha value is -1.99. The van der Waals surface area contributed by atoms with Gasteiger partial charge in [0.15, 0.2) is 0 Å². The average molecular weight is 262 g/mol. The van der Waals surface area contributed by atoms with Crippen molar-refractivity contribution in [3.8, 4) is 11.8 Å². The molecule has 0 aliphatic carbocycles. The maximum atomic E-state index is 11.5. The predicted octanol–water partition coefficient (Wildman–Crippen LogP) is 2.20. The van der Waals surface area contributed by atoms with Crippen molar-refractivity contribution in [2.45, 2.75) is 13.5 Å². The number of H-pyrrole nitrogens is 1. The van der Waals surface area contributed by atoms with Crippen LogP contribution in [0.5, 0.6) is 0 Å². The van der Waals surface area contributed by atoms with E-state index in [-0.39, 0.29) is 5.91 Å². The van der Waals surface area contributed by atoms with Crippen LogP contribution in [0.4, 0.5) is 0 Å². The van der Waals surface area contributed by atoms with Crippen LogP contribution in [0.2, 0.25) is 5.02 Å². The van der Waals surface area contributed by atoms with Crippen LogP contribution < -0.4 is 0 Å². The van der Waals surface area contributed by atoms with E-state index in [0.29, 0.717) is 17.4 Å². The SMILES string of the molecule is CC#CC(=O)N(C)Cc1nc2ccc(Cl)cc2[nH]1. The van der Waals surface area contributed by atoms with Gasteiger partial charge < -0.3 is 9.88 Å². The summed E-state index contributed by atoms with van der Waals surface area (Å²) in [6.45, 7) is 2.02. The van der Waals surface area contributed by atoms with Gasteiger partial charge in [-0.1, -0.05) is 17.5 Å². The number of hydrogen-bond donors (Lipinski definition) is 1. The van der Waals surface area contributed by atoms with Crippen molar-refractivity contribution in [3.05, 3.63) is 29.0 Å². The molecule has 0 bridgehead atoms. The Morgan fingerprint density at radius 2 is 2.33 bits per heavy atom. The standard InChI is InChI=1S/C13H12ClN3O/c1-3-4-13(18)17(2)8-12-15-10-6-5-9(14)7-11(10)16-12/h5-7H,8H2,1-2H3,(H,15,16). The highest BCUT2D eigenvalue weighted by Gasteiger charge is 2.09. The van der Waals surface area contributed by atoms with Crippen molar-refractivity contribution >= 4 is 28.5 Å². The molecule has 18 heavy (non-hydrogen) atoms. The number of nitrogens with zero attached hydrogens (tertiary/aromatic N) is 2. The highest BCUT2D eigenvalue weighted by molar-refractivity contribution is 6.31. The molecule has 0 aliphatic heterocycles. The fourth-order valence-corrected chi connectivity index (χ4v) is 1.78. The van der Waals surface area contributed by atoms with E-state index >= 15 is 0 Å². The van der Waals surface area contributed by atoms with Crippen molar-refractivity contribution in [2.75, 3.05) is 7.05 Å². The van der Waals surface area contributed by atoms with Crippen LogP contribution in [-0.2, 0) is 11.3 Å². The third-order valence-corrected chi connectivity index (χ3v) is 2.69. The molecule has 1 aromatic heterocycles. The highest BCUT2D eigenvalue weighted by Crippen LogP contribution is 2.17. The maximum absolute atomic E-state index is 11.5. The Balaban J connectivity index is 2.21. The molecule has 0 saturated heterocycles. The van der Waals surface area contributed by atoms with E-state index in [1.807, 2.05) is 6.07 Å². The molecule has 0 atom stereocenters. The minimum Gasteiger partial charge on any atom is -0.340 e. The smallest absolute Gasteiger partial charge is 0.298 e. The van der Waals surface area contributed by atoms with Gasteiger partial charge in [-0.15, -0.1) is 0 Å². The molecule has 5 heteroatoms. The number of carbonyl (C=O) groups is 1. The van der Waals surface area contributed by atoms with Gasteiger partial charge in [0, 0.05) is 12.1 Å². The first-order valence-corrected chi connectivity index (χ1v) is 5.80. The fourth-order valence-electron chi connectivity index (χ4n) is 1.61. The summed E-state index contributed by atoms with van der Waals surface area (Å²) in [5.74, 6) is 5.54. The molecule has 1 heterocycles. The summed E-state index contributed by atoms with van der Waals surface area (Å²) in [5, 5.41) is 0.652. The summed E-state index contributed by atoms with van der Waals surface area (Å²) < 4.78 is 0. The number of rotatable bonds is 2. The van der Waals surface area contributed by atoms with Gasteiger partial charge in [0.25, 0.3) is 5.91 Å². The summed E-state index contributed by atoms with van der Waals surface area (Å²) in [6.07, 6.45) is 0. The number of hydrogen-bond acceptors (Lipinski definition) is 2. The van der Waals surface area contributed by atoms with E-state index in [1.54, 1.807) is 26.1 Å². The second-order valence-corrected chi connectivity index (χ2v) is 4.32. The molecule has 2 rings (SSSR count). The highest BCUT2D eigenvalue weighted by atomic mass is 35.5. The van der Waals surface area contributed by atoms with Crippen molar-refractivity contribution in [1.82, 2.24) is 14.9 Å². The second-order valence-electron chi connectivity index (χ2n) is 3.88. The van der Waals surface area contributed by atoms with E-state index in [4.69, 9.17) is 11.6 Å². The molecular weight excluding hydrogens is 250 g/mol. The van der Waals surface area contributed by atoms with Crippen molar-refractivity contribution < 1.29 is 4.79 Å². The summed E-state index contributed by atoms with van der Waals surface area (Å²) >= 11 is 5.89. The first kappa shape index (κ1) is 12.5. The molecule has 0 fully saturated rings. The van der Waals surface area contributed by atoms with Crippen LogP contribution in [0.15, 0.2) is 18.2 Å². The molecule has 1 N–H and O–H groups in total. The van der Waals surface area contributed by atoms with Crippen LogP contribution in [0.1, 0.15) is 12.7 Å². The van der Waals surface area contributed by atoms with Crippen molar-refractivity contribution in [2.24, 2.45) is 0 Å². The molecule has 0 aliphatic rings. The van der Waals surface area contributed by atoms with Crippen LogP contribution in [0.25, 0.3) is 11.0 Å². The lowest BCUT2D eigenvalue weighted by Crippen LogP contribution is -2.25. The molecule has 0 radical (unpaired) electrons. The Morgan fingerprint density at radius 1 is 1.56 bits per heavy atom. The second kappa shape index (κ2) is 5.11. The summed E-state index contributed by atoms with van der Waals surface area (Å²) in [5.41, 5.74) is 1.69. The number of imidazole rings is 1. The summed E-state index contributed by atoms with van der Waals surface area (Å²) in [4.78, 5) is 20.5. The van der Waals surface area contributed by atoms with Crippen molar-refractivity contribution in [3.63, 3.8) is 0 Å². The zero-order valence-corrected chi connectivity index (χ0v) is 10.9. The maximum Gasteiger partial charge on any atom is 0.298 e. The molecule has 2 aromatic rings. The Kier molecular flexibility index (Phi) is 3.54. The number of amides is 1. The Labute approximate surface area is 110 Å². The molecule has 0 unspecified atom stereocenters. The third kappa shape index (κ3) is 2.63. The van der Waals surface area contributed by atoms with Gasteiger partial charge in [-0.25, -0.2) is 4.98 Å². The Bertz CT molecular complexity index is 651. The van der Waals surface area contributed by atoms with Gasteiger partial charge in [-0.3, -0.25) is 4.79 Å². The number of fused-ring (bicyclic) bond motifs is 1. The molecule has 1 aromatic carbocycles. The van der Waals surface area contributed by atoms with Gasteiger partial charge in [0.1, 0.15) is 5.82 Å². The van der Waals surface area contributed by atoms with E-state index in [0.717, 1.165) is 11.0 Å². The van der Waals surface area contributed by atoms with Gasteiger partial charge >= 0.3 is 0 Å². The van der Waals surface area contributed by atoms with Crippen molar-refractivity contribution in [1.29, 1.82) is 0 Å². The lowest BCUT2D eigenvalue weighted by Gasteiger charge is -2.11. The molecule has 4 nitrogen and oxygen atoms in total. The van der Waals surface area contributed by atoms with E-state index in [2.05, 4.69) is 21.8 Å². The lowest BCUT2D eigenvalue weighted by atomic mass is 10.3. The topological polar surface area (TPSA) is 49.0 Å². The number of nitrogens with one attached hydrogen (secondary N) is 1. The van der Waals surface area contributed by atoms with Crippen LogP contribution >= 0.6 is 11.6 Å². The van der Waals surface area contributed by atoms with E-state index in [9.17, 15) is 4.79 Å². The number of carbonyl (C=O) groups excluding carboxylic acids is 1. The molecular formula is C13H12ClN3O. The average Bonchev–Trinajstić information content (AvgIpc) is 2.70. The summed E-state index contributed by atoms with van der Waals surface area (Å²) in [6, 6.07) is 5.43. The molecule has 0 spiro atoms. The first-order chi connectivity index (χ1) is 8.60. The van der Waals surface area contributed by atoms with Crippen LogP contribution in [-0.4, -0.2) is 27.8 Å². The number of halogens is 1. The monoisotopic (exact) mass is 261 g/mol. The minimum atomic E-state index is -0.226. The van der Waals surface area contributed by atoms with Gasteiger partial charge in [0.2, 0.25) is 0 Å². The zero-order chi connectivity index (χ0) is 13.1. The van der Waals surface area contributed by atoms with Gasteiger partial charge in [-0.2, -0.15) is 0 Å². The quantitative estimate of drug-likeness (QED) is 0.843. The van der Waals surface area contributed by atoms with Crippen LogP contribution in [0, 0.1) is 11.8 Å². The van der Waals surface area contributed by atoms with Gasteiger partial charge in [-0.05, 0) is 31.0 Å². The summed E-state index contributed by atoms with van der Waals surface area (Å²) in [7, 11) is 1.69. The van der Waals surface area contributed by atoms with E-state index < -0.39 is 0 Å². The molecule has 1 amide bonds.